The molecule has 0 aliphatic carbocycles. The fourth-order valence-corrected chi connectivity index (χ4v) is 1.57. The Morgan fingerprint density at radius 2 is 2.11 bits per heavy atom. The monoisotopic (exact) mass is 270 g/mol. The first-order chi connectivity index (χ1) is 8.93. The summed E-state index contributed by atoms with van der Waals surface area (Å²) in [6.07, 6.45) is -3.44. The average Bonchev–Trinajstić information content (AvgIpc) is 2.86. The second-order valence-electron chi connectivity index (χ2n) is 3.69. The van der Waals surface area contributed by atoms with Crippen LogP contribution in [-0.2, 0) is 6.18 Å². The van der Waals surface area contributed by atoms with Gasteiger partial charge in [-0.3, -0.25) is 4.79 Å². The van der Waals surface area contributed by atoms with E-state index in [4.69, 9.17) is 4.42 Å². The van der Waals surface area contributed by atoms with Gasteiger partial charge in [-0.25, -0.2) is 4.98 Å². The van der Waals surface area contributed by atoms with Gasteiger partial charge in [0.25, 0.3) is 5.91 Å². The second kappa shape index (κ2) is 4.75. The van der Waals surface area contributed by atoms with Gasteiger partial charge in [0.1, 0.15) is 0 Å². The van der Waals surface area contributed by atoms with Crippen LogP contribution in [0.25, 0.3) is 11.3 Å². The third kappa shape index (κ3) is 2.59. The minimum absolute atomic E-state index is 0.00505. The Hall–Kier alpha value is -2.31. The van der Waals surface area contributed by atoms with E-state index in [1.165, 1.54) is 19.2 Å². The van der Waals surface area contributed by atoms with E-state index in [-0.39, 0.29) is 17.0 Å². The third-order valence-electron chi connectivity index (χ3n) is 2.46. The van der Waals surface area contributed by atoms with Gasteiger partial charge in [0, 0.05) is 12.6 Å². The van der Waals surface area contributed by atoms with Gasteiger partial charge in [0.05, 0.1) is 5.56 Å². The molecule has 0 aliphatic rings. The van der Waals surface area contributed by atoms with Gasteiger partial charge in [0.15, 0.2) is 17.8 Å². The minimum Gasteiger partial charge on any atom is -0.443 e. The van der Waals surface area contributed by atoms with Crippen LogP contribution in [0.3, 0.4) is 0 Å². The van der Waals surface area contributed by atoms with Crippen molar-refractivity contribution < 1.29 is 22.4 Å². The Labute approximate surface area is 106 Å². The normalized spacial score (nSPS) is 11.4. The van der Waals surface area contributed by atoms with Crippen LogP contribution in [0.15, 0.2) is 35.1 Å². The molecule has 0 saturated heterocycles. The summed E-state index contributed by atoms with van der Waals surface area (Å²) in [6.45, 7) is 0. The molecule has 1 aromatic carbocycles. The van der Waals surface area contributed by atoms with E-state index in [9.17, 15) is 18.0 Å². The maximum absolute atomic E-state index is 12.6. The van der Waals surface area contributed by atoms with Crippen LogP contribution in [0, 0.1) is 0 Å². The molecule has 0 radical (unpaired) electrons. The zero-order valence-electron chi connectivity index (χ0n) is 9.78. The first-order valence-electron chi connectivity index (χ1n) is 5.26. The Balaban J connectivity index is 2.49. The van der Waals surface area contributed by atoms with Crippen molar-refractivity contribution >= 4 is 5.91 Å². The molecule has 0 atom stereocenters. The molecule has 0 bridgehead atoms. The van der Waals surface area contributed by atoms with Crippen LogP contribution in [0.4, 0.5) is 13.2 Å². The molecule has 1 heterocycles. The molecule has 19 heavy (non-hydrogen) atoms. The summed E-state index contributed by atoms with van der Waals surface area (Å²) < 4.78 is 42.8. The topological polar surface area (TPSA) is 55.1 Å². The van der Waals surface area contributed by atoms with E-state index < -0.39 is 17.6 Å². The van der Waals surface area contributed by atoms with E-state index in [0.29, 0.717) is 0 Å². The minimum atomic E-state index is -4.46. The molecule has 0 saturated carbocycles. The summed E-state index contributed by atoms with van der Waals surface area (Å²) in [4.78, 5) is 15.2. The Kier molecular flexibility index (Phi) is 3.28. The Morgan fingerprint density at radius 3 is 2.74 bits per heavy atom. The number of halogens is 3. The van der Waals surface area contributed by atoms with E-state index in [2.05, 4.69) is 10.3 Å². The van der Waals surface area contributed by atoms with Gasteiger partial charge in [0.2, 0.25) is 0 Å². The highest BCUT2D eigenvalue weighted by atomic mass is 19.4. The average molecular weight is 270 g/mol. The number of hydrogen-bond acceptors (Lipinski definition) is 3. The van der Waals surface area contributed by atoms with Gasteiger partial charge in [-0.15, -0.1) is 0 Å². The van der Waals surface area contributed by atoms with Gasteiger partial charge < -0.3 is 9.73 Å². The SMILES string of the molecule is CNC(=O)c1ncoc1-c1cccc(C(F)(F)F)c1. The highest BCUT2D eigenvalue weighted by Gasteiger charge is 2.31. The van der Waals surface area contributed by atoms with Crippen molar-refractivity contribution in [3.8, 4) is 11.3 Å². The van der Waals surface area contributed by atoms with Crippen LogP contribution in [0.5, 0.6) is 0 Å². The smallest absolute Gasteiger partial charge is 0.416 e. The van der Waals surface area contributed by atoms with Crippen LogP contribution < -0.4 is 5.32 Å². The number of benzene rings is 1. The summed E-state index contributed by atoms with van der Waals surface area (Å²) in [5.74, 6) is -0.522. The quantitative estimate of drug-likeness (QED) is 0.912. The number of nitrogens with one attached hydrogen (secondary N) is 1. The van der Waals surface area contributed by atoms with Crippen molar-refractivity contribution in [2.24, 2.45) is 0 Å². The lowest BCUT2D eigenvalue weighted by Crippen LogP contribution is -2.18. The summed E-state index contributed by atoms with van der Waals surface area (Å²) in [5.41, 5.74) is -0.725. The highest BCUT2D eigenvalue weighted by molar-refractivity contribution is 5.97. The molecule has 1 aromatic heterocycles. The molecule has 2 rings (SSSR count). The largest absolute Gasteiger partial charge is 0.443 e. The van der Waals surface area contributed by atoms with Crippen LogP contribution in [0.1, 0.15) is 16.1 Å². The number of nitrogens with zero attached hydrogens (tertiary/aromatic N) is 1. The van der Waals surface area contributed by atoms with E-state index >= 15 is 0 Å². The van der Waals surface area contributed by atoms with Gasteiger partial charge in [-0.2, -0.15) is 13.2 Å². The molecule has 7 heteroatoms. The maximum Gasteiger partial charge on any atom is 0.416 e. The predicted molar refractivity (Wildman–Crippen MR) is 60.3 cm³/mol. The summed E-state index contributed by atoms with van der Waals surface area (Å²) in [6, 6.07) is 4.52. The van der Waals surface area contributed by atoms with Crippen molar-refractivity contribution in [2.45, 2.75) is 6.18 Å². The molecule has 1 amide bonds. The van der Waals surface area contributed by atoms with Crippen LogP contribution in [-0.4, -0.2) is 17.9 Å². The van der Waals surface area contributed by atoms with E-state index in [1.807, 2.05) is 0 Å². The predicted octanol–water partition coefficient (Wildman–Crippen LogP) is 2.72. The molecule has 2 aromatic rings. The van der Waals surface area contributed by atoms with E-state index in [0.717, 1.165) is 18.5 Å². The summed E-state index contributed by atoms with van der Waals surface area (Å²) >= 11 is 0. The zero-order chi connectivity index (χ0) is 14.0. The van der Waals surface area contributed by atoms with Gasteiger partial charge in [-0.05, 0) is 12.1 Å². The molecular formula is C12H9F3N2O2. The second-order valence-corrected chi connectivity index (χ2v) is 3.69. The van der Waals surface area contributed by atoms with Crippen molar-refractivity contribution in [1.82, 2.24) is 10.3 Å². The zero-order valence-corrected chi connectivity index (χ0v) is 9.78. The first kappa shape index (κ1) is 13.1. The number of carbonyl (C=O) groups is 1. The number of oxazole rings is 1. The molecule has 100 valence electrons. The molecular weight excluding hydrogens is 261 g/mol. The number of carbonyl (C=O) groups excluding carboxylic acids is 1. The first-order valence-corrected chi connectivity index (χ1v) is 5.26. The van der Waals surface area contributed by atoms with Crippen LogP contribution in [0.2, 0.25) is 0 Å². The summed E-state index contributed by atoms with van der Waals surface area (Å²) in [7, 11) is 1.40. The lowest BCUT2D eigenvalue weighted by Gasteiger charge is -2.07. The van der Waals surface area contributed by atoms with Crippen molar-refractivity contribution in [2.75, 3.05) is 7.05 Å². The molecule has 1 N–H and O–H groups in total. The third-order valence-corrected chi connectivity index (χ3v) is 2.46. The number of rotatable bonds is 2. The Bertz CT molecular complexity index is 605. The van der Waals surface area contributed by atoms with Crippen LogP contribution >= 0.6 is 0 Å². The number of alkyl halides is 3. The fraction of sp³-hybridized carbons (Fsp3) is 0.167. The fourth-order valence-electron chi connectivity index (χ4n) is 1.57. The lowest BCUT2D eigenvalue weighted by molar-refractivity contribution is -0.137. The summed E-state index contributed by atoms with van der Waals surface area (Å²) in [5, 5.41) is 2.34. The highest BCUT2D eigenvalue weighted by Crippen LogP contribution is 2.32. The van der Waals surface area contributed by atoms with Gasteiger partial charge >= 0.3 is 6.18 Å². The molecule has 0 unspecified atom stereocenters. The molecule has 0 spiro atoms. The molecule has 0 fully saturated rings. The van der Waals surface area contributed by atoms with Crippen molar-refractivity contribution in [3.05, 3.63) is 41.9 Å². The number of aromatic nitrogens is 1. The maximum atomic E-state index is 12.6. The van der Waals surface area contributed by atoms with Gasteiger partial charge in [-0.1, -0.05) is 12.1 Å². The van der Waals surface area contributed by atoms with Crippen molar-refractivity contribution in [3.63, 3.8) is 0 Å². The number of hydrogen-bond donors (Lipinski definition) is 1. The molecule has 4 nitrogen and oxygen atoms in total. The lowest BCUT2D eigenvalue weighted by atomic mass is 10.1. The Morgan fingerprint density at radius 1 is 1.37 bits per heavy atom. The van der Waals surface area contributed by atoms with E-state index in [1.54, 1.807) is 0 Å². The standard InChI is InChI=1S/C12H9F3N2O2/c1-16-11(18)9-10(19-6-17-9)7-3-2-4-8(5-7)12(13,14)15/h2-6H,1H3,(H,16,18). The molecule has 0 aliphatic heterocycles. The van der Waals surface area contributed by atoms with Crippen molar-refractivity contribution in [1.29, 1.82) is 0 Å². The number of amides is 1.